The third kappa shape index (κ3) is 8.32. The van der Waals surface area contributed by atoms with Crippen molar-refractivity contribution >= 4 is 22.1 Å². The molecule has 4 heterocycles. The smallest absolute Gasteiger partial charge is 0.124 e. The van der Waals surface area contributed by atoms with Crippen LogP contribution >= 0.6 is 0 Å². The van der Waals surface area contributed by atoms with Gasteiger partial charge in [0, 0.05) is 26.2 Å². The highest BCUT2D eigenvalue weighted by molar-refractivity contribution is 5.77. The van der Waals surface area contributed by atoms with Crippen LogP contribution in [0.2, 0.25) is 0 Å². The fraction of sp³-hybridized carbons (Fsp3) is 0.409. The molecule has 1 unspecified atom stereocenters. The van der Waals surface area contributed by atoms with E-state index in [1.165, 1.54) is 11.1 Å². The molecule has 2 aliphatic rings. The monoisotopic (exact) mass is 728 g/mol. The molecule has 0 amide bonds. The van der Waals surface area contributed by atoms with Crippen LogP contribution in [0, 0.1) is 13.8 Å². The summed E-state index contributed by atoms with van der Waals surface area (Å²) in [6, 6.07) is 29.8. The van der Waals surface area contributed by atoms with Crippen LogP contribution in [-0.4, -0.2) is 88.1 Å². The van der Waals surface area contributed by atoms with Gasteiger partial charge in [-0.15, -0.1) is 0 Å². The minimum atomic E-state index is -0.0592. The number of morpholine rings is 2. The number of ether oxygens (including phenoxy) is 4. The molecular weight excluding hydrogens is 677 g/mol. The molecule has 6 aromatic rings. The first kappa shape index (κ1) is 36.2. The Balaban J connectivity index is 0.977. The summed E-state index contributed by atoms with van der Waals surface area (Å²) in [7, 11) is 0. The van der Waals surface area contributed by atoms with Crippen molar-refractivity contribution < 1.29 is 18.9 Å². The van der Waals surface area contributed by atoms with Crippen molar-refractivity contribution in [1.29, 1.82) is 0 Å². The number of imidazole rings is 2. The normalized spacial score (nSPS) is 17.1. The van der Waals surface area contributed by atoms with Crippen molar-refractivity contribution in [2.45, 2.75) is 59.5 Å². The Labute approximate surface area is 318 Å². The van der Waals surface area contributed by atoms with Crippen LogP contribution in [0.4, 0.5) is 0 Å². The first-order valence-corrected chi connectivity index (χ1v) is 19.5. The zero-order valence-corrected chi connectivity index (χ0v) is 31.9. The fourth-order valence-electron chi connectivity index (χ4n) is 7.75. The van der Waals surface area contributed by atoms with Gasteiger partial charge in [-0.3, -0.25) is 9.80 Å². The van der Waals surface area contributed by atoms with Crippen molar-refractivity contribution in [2.24, 2.45) is 0 Å². The number of aromatic nitrogens is 4. The Kier molecular flexibility index (Phi) is 11.2. The van der Waals surface area contributed by atoms with E-state index in [2.05, 4.69) is 125 Å². The van der Waals surface area contributed by atoms with E-state index in [0.717, 1.165) is 122 Å². The average molecular weight is 729 g/mol. The molecule has 8 rings (SSSR count). The number of benzene rings is 4. The SMILES string of the molecule is CCc1ccc(OCCn2c(CN3CCOC(c4ccc5c(c4)nc(CN4CCOCC4)n5CCOc4ccc(C)cc4C)C3)nc3ccccc32)cc1. The van der Waals surface area contributed by atoms with Crippen LogP contribution in [0.1, 0.15) is 46.9 Å². The molecule has 282 valence electrons. The largest absolute Gasteiger partial charge is 0.492 e. The summed E-state index contributed by atoms with van der Waals surface area (Å²) in [5.74, 6) is 3.93. The maximum absolute atomic E-state index is 6.43. The minimum Gasteiger partial charge on any atom is -0.492 e. The van der Waals surface area contributed by atoms with Crippen molar-refractivity contribution in [1.82, 2.24) is 28.9 Å². The number of rotatable bonds is 14. The second-order valence-electron chi connectivity index (χ2n) is 14.5. The molecule has 0 N–H and O–H groups in total. The Bertz CT molecular complexity index is 2170. The Morgan fingerprint density at radius 2 is 1.41 bits per heavy atom. The number of aryl methyl sites for hydroxylation is 3. The number of nitrogens with zero attached hydrogens (tertiary/aromatic N) is 6. The maximum atomic E-state index is 6.43. The first-order valence-electron chi connectivity index (χ1n) is 19.5. The third-order valence-electron chi connectivity index (χ3n) is 10.8. The van der Waals surface area contributed by atoms with E-state index in [4.69, 9.17) is 28.9 Å². The van der Waals surface area contributed by atoms with Gasteiger partial charge >= 0.3 is 0 Å². The van der Waals surface area contributed by atoms with E-state index in [9.17, 15) is 0 Å². The molecule has 2 aliphatic heterocycles. The van der Waals surface area contributed by atoms with E-state index in [1.54, 1.807) is 0 Å². The van der Waals surface area contributed by atoms with E-state index >= 15 is 0 Å². The van der Waals surface area contributed by atoms with Gasteiger partial charge in [-0.05, 0) is 79.4 Å². The summed E-state index contributed by atoms with van der Waals surface area (Å²) in [4.78, 5) is 15.2. The predicted molar refractivity (Wildman–Crippen MR) is 212 cm³/mol. The van der Waals surface area contributed by atoms with E-state index in [1.807, 2.05) is 0 Å². The summed E-state index contributed by atoms with van der Waals surface area (Å²) in [5.41, 5.74) is 9.12. The summed E-state index contributed by atoms with van der Waals surface area (Å²) in [5, 5.41) is 0. The van der Waals surface area contributed by atoms with Crippen LogP contribution in [0.25, 0.3) is 22.1 Å². The number of hydrogen-bond acceptors (Lipinski definition) is 8. The highest BCUT2D eigenvalue weighted by Gasteiger charge is 2.25. The summed E-state index contributed by atoms with van der Waals surface area (Å²) in [6.45, 7) is 16.1. The van der Waals surface area contributed by atoms with Gasteiger partial charge in [-0.2, -0.15) is 0 Å². The zero-order valence-electron chi connectivity index (χ0n) is 31.9. The van der Waals surface area contributed by atoms with Crippen molar-refractivity contribution in [3.05, 3.63) is 119 Å². The first-order chi connectivity index (χ1) is 26.5. The topological polar surface area (TPSA) is 79.0 Å². The molecule has 0 radical (unpaired) electrons. The molecule has 0 saturated carbocycles. The van der Waals surface area contributed by atoms with Gasteiger partial charge in [0.1, 0.15) is 36.4 Å². The summed E-state index contributed by atoms with van der Waals surface area (Å²) in [6.07, 6.45) is 0.962. The molecular formula is C44H52N6O4. The molecule has 2 saturated heterocycles. The van der Waals surface area contributed by atoms with E-state index in [0.29, 0.717) is 26.4 Å². The van der Waals surface area contributed by atoms with Crippen LogP contribution < -0.4 is 9.47 Å². The summed E-state index contributed by atoms with van der Waals surface area (Å²) < 4.78 is 29.2. The van der Waals surface area contributed by atoms with Crippen molar-refractivity contribution in [3.63, 3.8) is 0 Å². The molecule has 4 aromatic carbocycles. The number of hydrogen-bond donors (Lipinski definition) is 0. The molecule has 54 heavy (non-hydrogen) atoms. The van der Waals surface area contributed by atoms with E-state index < -0.39 is 0 Å². The van der Waals surface area contributed by atoms with Crippen LogP contribution in [0.3, 0.4) is 0 Å². The van der Waals surface area contributed by atoms with Crippen LogP contribution in [0.5, 0.6) is 11.5 Å². The second-order valence-corrected chi connectivity index (χ2v) is 14.5. The number of fused-ring (bicyclic) bond motifs is 2. The van der Waals surface area contributed by atoms with Crippen molar-refractivity contribution in [3.8, 4) is 11.5 Å². The van der Waals surface area contributed by atoms with Gasteiger partial charge < -0.3 is 28.1 Å². The molecule has 0 aliphatic carbocycles. The molecule has 1 atom stereocenters. The third-order valence-corrected chi connectivity index (χ3v) is 10.8. The standard InChI is InChI=1S/C44H52N6O4/c1-4-34-10-13-36(14-11-34)52-25-20-49-39-8-6-5-7-37(39)45-44(49)31-48-19-24-54-42(29-48)35-12-15-40-38(28-35)46-43(30-47-17-22-51-23-18-47)50(40)21-26-53-41-16-9-32(2)27-33(41)3/h5-16,27-28,42H,4,17-26,29-31H2,1-3H3. The Morgan fingerprint density at radius 3 is 2.19 bits per heavy atom. The van der Waals surface area contributed by atoms with Gasteiger partial charge in [0.2, 0.25) is 0 Å². The van der Waals surface area contributed by atoms with Crippen molar-refractivity contribution in [2.75, 3.05) is 59.2 Å². The molecule has 2 aromatic heterocycles. The van der Waals surface area contributed by atoms with Gasteiger partial charge in [-0.1, -0.05) is 55.0 Å². The molecule has 2 fully saturated rings. The highest BCUT2D eigenvalue weighted by Crippen LogP contribution is 2.29. The minimum absolute atomic E-state index is 0.0592. The quantitative estimate of drug-likeness (QED) is 0.117. The molecule has 10 nitrogen and oxygen atoms in total. The molecule has 10 heteroatoms. The second kappa shape index (κ2) is 16.7. The lowest BCUT2D eigenvalue weighted by Crippen LogP contribution is -2.38. The highest BCUT2D eigenvalue weighted by atomic mass is 16.5. The maximum Gasteiger partial charge on any atom is 0.124 e. The van der Waals surface area contributed by atoms with Crippen LogP contribution in [-0.2, 0) is 42.1 Å². The van der Waals surface area contributed by atoms with Crippen LogP contribution in [0.15, 0.2) is 84.9 Å². The lowest BCUT2D eigenvalue weighted by molar-refractivity contribution is -0.0339. The molecule has 0 spiro atoms. The fourth-order valence-corrected chi connectivity index (χ4v) is 7.75. The zero-order chi connectivity index (χ0) is 36.9. The lowest BCUT2D eigenvalue weighted by atomic mass is 10.1. The predicted octanol–water partition coefficient (Wildman–Crippen LogP) is 7.13. The number of para-hydroxylation sites is 2. The summed E-state index contributed by atoms with van der Waals surface area (Å²) >= 11 is 0. The van der Waals surface area contributed by atoms with Gasteiger partial charge in [0.25, 0.3) is 0 Å². The lowest BCUT2D eigenvalue weighted by Gasteiger charge is -2.33. The van der Waals surface area contributed by atoms with Gasteiger partial charge in [0.05, 0.1) is 74.2 Å². The average Bonchev–Trinajstić information content (AvgIpc) is 3.72. The van der Waals surface area contributed by atoms with Gasteiger partial charge in [-0.25, -0.2) is 9.97 Å². The molecule has 0 bridgehead atoms. The van der Waals surface area contributed by atoms with E-state index in [-0.39, 0.29) is 6.10 Å². The van der Waals surface area contributed by atoms with Gasteiger partial charge in [0.15, 0.2) is 0 Å². The Hall–Kier alpha value is -4.74. The Morgan fingerprint density at radius 1 is 0.704 bits per heavy atom.